The molecule has 1 saturated carbocycles. The van der Waals surface area contributed by atoms with Gasteiger partial charge in [0.05, 0.1) is 35.8 Å². The van der Waals surface area contributed by atoms with Crippen LogP contribution in [0.3, 0.4) is 0 Å². The number of anilines is 1. The van der Waals surface area contributed by atoms with Crippen molar-refractivity contribution in [3.05, 3.63) is 88.9 Å². The van der Waals surface area contributed by atoms with Crippen molar-refractivity contribution in [1.29, 1.82) is 10.5 Å². The van der Waals surface area contributed by atoms with Gasteiger partial charge in [0.15, 0.2) is 5.41 Å². The maximum Gasteiger partial charge on any atom is 0.182 e. The average molecular weight is 477 g/mol. The van der Waals surface area contributed by atoms with Crippen LogP contribution >= 0.6 is 11.6 Å². The van der Waals surface area contributed by atoms with Gasteiger partial charge in [-0.15, -0.1) is 0 Å². The molecule has 3 aromatic carbocycles. The van der Waals surface area contributed by atoms with Crippen molar-refractivity contribution in [1.82, 2.24) is 0 Å². The van der Waals surface area contributed by atoms with Crippen LogP contribution in [-0.2, 0) is 0 Å². The second kappa shape index (κ2) is 8.56. The first-order valence-corrected chi connectivity index (χ1v) is 12.7. The van der Waals surface area contributed by atoms with E-state index in [1.807, 2.05) is 48.5 Å². The van der Waals surface area contributed by atoms with E-state index in [0.717, 1.165) is 59.5 Å². The van der Waals surface area contributed by atoms with Gasteiger partial charge in [0.2, 0.25) is 0 Å². The smallest absolute Gasteiger partial charge is 0.182 e. The third-order valence-corrected chi connectivity index (χ3v) is 8.07. The third-order valence-electron chi connectivity index (χ3n) is 7.82. The molecule has 4 nitrogen and oxygen atoms in total. The van der Waals surface area contributed by atoms with Crippen molar-refractivity contribution in [2.24, 2.45) is 10.4 Å². The minimum Gasteiger partial charge on any atom is -0.319 e. The molecule has 2 fully saturated rings. The summed E-state index contributed by atoms with van der Waals surface area (Å²) in [5.74, 6) is 0.343. The molecule has 3 aromatic rings. The van der Waals surface area contributed by atoms with Gasteiger partial charge in [0, 0.05) is 10.6 Å². The van der Waals surface area contributed by atoms with Gasteiger partial charge in [-0.05, 0) is 47.7 Å². The fourth-order valence-electron chi connectivity index (χ4n) is 6.25. The molecule has 0 bridgehead atoms. The second-order valence-corrected chi connectivity index (χ2v) is 10.2. The van der Waals surface area contributed by atoms with E-state index in [2.05, 4.69) is 41.3 Å². The Kier molecular flexibility index (Phi) is 5.36. The Morgan fingerprint density at radius 3 is 2.20 bits per heavy atom. The molecule has 0 unspecified atom stereocenters. The van der Waals surface area contributed by atoms with Crippen molar-refractivity contribution in [2.75, 3.05) is 4.90 Å². The molecule has 1 aliphatic carbocycles. The van der Waals surface area contributed by atoms with E-state index in [4.69, 9.17) is 16.6 Å². The summed E-state index contributed by atoms with van der Waals surface area (Å²) >= 11 is 6.23. The first kappa shape index (κ1) is 21.9. The fourth-order valence-corrected chi connectivity index (χ4v) is 6.38. The van der Waals surface area contributed by atoms with Crippen LogP contribution in [0.1, 0.15) is 55.2 Å². The van der Waals surface area contributed by atoms with Gasteiger partial charge in [-0.1, -0.05) is 85.5 Å². The van der Waals surface area contributed by atoms with Crippen LogP contribution in [0.2, 0.25) is 5.02 Å². The molecular formula is C30H25ClN4. The summed E-state index contributed by atoms with van der Waals surface area (Å²) in [7, 11) is 0. The van der Waals surface area contributed by atoms with Gasteiger partial charge < -0.3 is 4.90 Å². The Hall–Kier alpha value is -3.60. The molecular weight excluding hydrogens is 452 g/mol. The molecule has 1 saturated heterocycles. The lowest BCUT2D eigenvalue weighted by molar-refractivity contribution is 0.433. The van der Waals surface area contributed by atoms with Gasteiger partial charge >= 0.3 is 0 Å². The van der Waals surface area contributed by atoms with E-state index in [1.54, 1.807) is 0 Å². The van der Waals surface area contributed by atoms with Crippen molar-refractivity contribution < 1.29 is 0 Å². The zero-order valence-corrected chi connectivity index (χ0v) is 20.1. The molecule has 3 aliphatic rings. The lowest BCUT2D eigenvalue weighted by atomic mass is 9.69. The van der Waals surface area contributed by atoms with E-state index in [9.17, 15) is 10.5 Å². The molecule has 0 aromatic heterocycles. The highest BCUT2D eigenvalue weighted by molar-refractivity contribution is 6.30. The van der Waals surface area contributed by atoms with Gasteiger partial charge in [-0.25, -0.2) is 0 Å². The molecule has 2 heterocycles. The summed E-state index contributed by atoms with van der Waals surface area (Å²) in [6, 6.07) is 28.8. The van der Waals surface area contributed by atoms with Crippen molar-refractivity contribution >= 4 is 23.1 Å². The monoisotopic (exact) mass is 476 g/mol. The summed E-state index contributed by atoms with van der Waals surface area (Å²) in [6.07, 6.45) is 5.65. The number of hydrogen-bond donors (Lipinski definition) is 0. The zero-order valence-electron chi connectivity index (χ0n) is 19.4. The summed E-state index contributed by atoms with van der Waals surface area (Å²) < 4.78 is 0. The maximum absolute atomic E-state index is 10.8. The minimum atomic E-state index is -1.34. The van der Waals surface area contributed by atoms with Crippen molar-refractivity contribution in [3.8, 4) is 23.3 Å². The summed E-state index contributed by atoms with van der Waals surface area (Å²) in [6.45, 7) is 0. The van der Waals surface area contributed by atoms with Crippen molar-refractivity contribution in [2.45, 2.75) is 50.1 Å². The molecule has 6 rings (SSSR count). The fraction of sp³-hybridized carbons (Fsp3) is 0.300. The SMILES string of the molecule is N#CC1(C#N)[C@@H](c2ccc(Cl)cc2)C(=NC2CCCCC2)N2c3ccccc3-c3ccccc3[C@@H]21. The molecule has 0 radical (unpaired) electrons. The topological polar surface area (TPSA) is 63.2 Å². The van der Waals surface area contributed by atoms with Crippen LogP contribution < -0.4 is 4.90 Å². The third kappa shape index (κ3) is 3.28. The van der Waals surface area contributed by atoms with E-state index < -0.39 is 17.4 Å². The van der Waals surface area contributed by atoms with Crippen LogP contribution in [-0.4, -0.2) is 11.9 Å². The molecule has 0 N–H and O–H groups in total. The number of fused-ring (bicyclic) bond motifs is 6. The number of aliphatic imine (C=N–C) groups is 1. The van der Waals surface area contributed by atoms with Gasteiger partial charge in [-0.2, -0.15) is 10.5 Å². The Balaban J connectivity index is 1.67. The molecule has 35 heavy (non-hydrogen) atoms. The Bertz CT molecular complexity index is 1370. The minimum absolute atomic E-state index is 0.201. The Labute approximate surface area is 211 Å². The Morgan fingerprint density at radius 2 is 1.49 bits per heavy atom. The number of rotatable bonds is 2. The number of para-hydroxylation sites is 1. The molecule has 0 spiro atoms. The molecule has 2 aliphatic heterocycles. The van der Waals surface area contributed by atoms with Crippen LogP contribution in [0, 0.1) is 28.1 Å². The first-order chi connectivity index (χ1) is 17.2. The van der Waals surface area contributed by atoms with E-state index in [0.29, 0.717) is 5.02 Å². The van der Waals surface area contributed by atoms with Gasteiger partial charge in [0.1, 0.15) is 5.84 Å². The van der Waals surface area contributed by atoms with E-state index >= 15 is 0 Å². The highest BCUT2D eigenvalue weighted by atomic mass is 35.5. The lowest BCUT2D eigenvalue weighted by Crippen LogP contribution is -2.35. The summed E-state index contributed by atoms with van der Waals surface area (Å²) in [4.78, 5) is 7.58. The molecule has 2 atom stereocenters. The van der Waals surface area contributed by atoms with Crippen LogP contribution in [0.5, 0.6) is 0 Å². The largest absolute Gasteiger partial charge is 0.319 e. The molecule has 5 heteroatoms. The van der Waals surface area contributed by atoms with Crippen LogP contribution in [0.4, 0.5) is 5.69 Å². The number of hydrogen-bond acceptors (Lipinski definition) is 3. The second-order valence-electron chi connectivity index (χ2n) is 9.73. The van der Waals surface area contributed by atoms with Gasteiger partial charge in [-0.3, -0.25) is 4.99 Å². The van der Waals surface area contributed by atoms with Crippen LogP contribution in [0.25, 0.3) is 11.1 Å². The number of halogens is 1. The number of amidine groups is 1. The standard InChI is InChI=1S/C30H25ClN4/c31-21-16-14-20(15-17-21)27-29(34-22-8-2-1-3-9-22)35-26-13-7-6-11-24(26)23-10-4-5-12-25(23)28(35)30(27,18-32)19-33/h4-7,10-17,22,27-28H,1-3,8-9H2/t27-,28+/m0/s1. The summed E-state index contributed by atoms with van der Waals surface area (Å²) in [5.41, 5.74) is 3.76. The molecule has 172 valence electrons. The van der Waals surface area contributed by atoms with Gasteiger partial charge in [0.25, 0.3) is 0 Å². The number of nitrogens with zero attached hydrogens (tertiary/aromatic N) is 4. The first-order valence-electron chi connectivity index (χ1n) is 12.3. The normalized spacial score (nSPS) is 23.6. The number of benzene rings is 3. The summed E-state index contributed by atoms with van der Waals surface area (Å²) in [5, 5.41) is 22.1. The van der Waals surface area contributed by atoms with E-state index in [-0.39, 0.29) is 6.04 Å². The van der Waals surface area contributed by atoms with Crippen LogP contribution in [0.15, 0.2) is 77.8 Å². The van der Waals surface area contributed by atoms with E-state index in [1.165, 1.54) is 6.42 Å². The highest BCUT2D eigenvalue weighted by Gasteiger charge is 2.62. The quantitative estimate of drug-likeness (QED) is 0.386. The predicted octanol–water partition coefficient (Wildman–Crippen LogP) is 7.43. The predicted molar refractivity (Wildman–Crippen MR) is 139 cm³/mol. The Morgan fingerprint density at radius 1 is 0.829 bits per heavy atom. The van der Waals surface area contributed by atoms with Crippen molar-refractivity contribution in [3.63, 3.8) is 0 Å². The average Bonchev–Trinajstić information content (AvgIpc) is 3.20. The molecule has 0 amide bonds. The highest BCUT2D eigenvalue weighted by Crippen LogP contribution is 2.61. The lowest BCUT2D eigenvalue weighted by Gasteiger charge is -2.38. The zero-order chi connectivity index (χ0) is 24.0. The maximum atomic E-state index is 10.8. The number of nitriles is 2.